The van der Waals surface area contributed by atoms with Crippen molar-refractivity contribution in [1.29, 1.82) is 0 Å². The van der Waals surface area contributed by atoms with Gasteiger partial charge < -0.3 is 0 Å². The van der Waals surface area contributed by atoms with Crippen molar-refractivity contribution < 1.29 is 19.5 Å². The van der Waals surface area contributed by atoms with E-state index in [1.165, 1.54) is 15.9 Å². The maximum atomic E-state index is 4.00. The molecule has 3 aromatic rings. The van der Waals surface area contributed by atoms with Crippen LogP contribution < -0.4 is 27.6 Å². The molecule has 4 N–H and O–H groups in total. The molecule has 4 heteroatoms. The molecule has 0 radical (unpaired) electrons. The summed E-state index contributed by atoms with van der Waals surface area (Å²) in [5.74, 6) is 8.00. The number of hydrogen-bond donors (Lipinski definition) is 2. The summed E-state index contributed by atoms with van der Waals surface area (Å²) in [6, 6.07) is 32.3. The van der Waals surface area contributed by atoms with Crippen molar-refractivity contribution in [1.82, 2.24) is 0 Å². The summed E-state index contributed by atoms with van der Waals surface area (Å²) in [4.78, 5) is 0. The molecular formula is C18H19N2PRu. The minimum atomic E-state index is -0.446. The third kappa shape index (κ3) is 4.83. The van der Waals surface area contributed by atoms with Crippen LogP contribution in [0.15, 0.2) is 91.0 Å². The average Bonchev–Trinajstić information content (AvgIpc) is 2.60. The summed E-state index contributed by atoms with van der Waals surface area (Å²) in [6.07, 6.45) is 0. The molecule has 0 aliphatic heterocycles. The average molecular weight is 395 g/mol. The number of hydrogen-bond acceptors (Lipinski definition) is 2. The Hall–Kier alpha value is -1.37. The Morgan fingerprint density at radius 1 is 0.455 bits per heavy atom. The van der Waals surface area contributed by atoms with E-state index in [-0.39, 0.29) is 19.5 Å². The second-order valence-corrected chi connectivity index (χ2v) is 6.56. The van der Waals surface area contributed by atoms with E-state index in [1.54, 1.807) is 0 Å². The molecule has 0 aromatic heterocycles. The zero-order valence-corrected chi connectivity index (χ0v) is 14.7. The summed E-state index contributed by atoms with van der Waals surface area (Å²) in [7, 11) is -0.446. The van der Waals surface area contributed by atoms with Crippen LogP contribution in [0.3, 0.4) is 0 Å². The molecule has 0 atom stereocenters. The molecule has 22 heavy (non-hydrogen) atoms. The molecule has 0 saturated heterocycles. The van der Waals surface area contributed by atoms with E-state index < -0.39 is 7.92 Å². The predicted octanol–water partition coefficient (Wildman–Crippen LogP) is 2.26. The molecule has 0 aliphatic carbocycles. The van der Waals surface area contributed by atoms with Gasteiger partial charge in [0.1, 0.15) is 0 Å². The molecule has 3 aromatic carbocycles. The van der Waals surface area contributed by atoms with Crippen LogP contribution in [-0.4, -0.2) is 0 Å². The number of nitrogens with two attached hydrogens (primary N) is 2. The van der Waals surface area contributed by atoms with Crippen LogP contribution in [0.25, 0.3) is 0 Å². The molecule has 0 fully saturated rings. The molecule has 0 heterocycles. The molecule has 0 bridgehead atoms. The maximum Gasteiger partial charge on any atom is 0 e. The van der Waals surface area contributed by atoms with Gasteiger partial charge in [-0.2, -0.15) is 0 Å². The van der Waals surface area contributed by atoms with Crippen molar-refractivity contribution in [3.63, 3.8) is 0 Å². The van der Waals surface area contributed by atoms with Gasteiger partial charge in [-0.3, -0.25) is 11.7 Å². The standard InChI is InChI=1S/C18H15P.H4N2.Ru/c1-4-10-16(11-5-1)19(17-12-6-2-7-13-17)18-14-8-3-9-15-18;1-2;/h1-15H;1-2H2;. The fourth-order valence-electron chi connectivity index (χ4n) is 2.18. The van der Waals surface area contributed by atoms with Gasteiger partial charge in [-0.05, 0) is 23.8 Å². The zero-order chi connectivity index (χ0) is 14.9. The Bertz CT molecular complexity index is 539. The SMILES string of the molecule is NN.[Ru].c1ccc(P(c2ccccc2)c2ccccc2)cc1. The van der Waals surface area contributed by atoms with Crippen molar-refractivity contribution in [2.75, 3.05) is 0 Å². The van der Waals surface area contributed by atoms with E-state index in [2.05, 4.69) is 103 Å². The van der Waals surface area contributed by atoms with E-state index in [0.717, 1.165) is 0 Å². The van der Waals surface area contributed by atoms with Crippen LogP contribution in [0, 0.1) is 0 Å². The van der Waals surface area contributed by atoms with Gasteiger partial charge in [-0.25, -0.2) is 0 Å². The van der Waals surface area contributed by atoms with Crippen LogP contribution in [0.2, 0.25) is 0 Å². The van der Waals surface area contributed by atoms with Gasteiger partial charge in [0.2, 0.25) is 0 Å². The quantitative estimate of drug-likeness (QED) is 0.309. The molecule has 0 unspecified atom stereocenters. The Morgan fingerprint density at radius 3 is 0.909 bits per heavy atom. The molecule has 0 aliphatic rings. The van der Waals surface area contributed by atoms with Gasteiger partial charge >= 0.3 is 0 Å². The van der Waals surface area contributed by atoms with Crippen molar-refractivity contribution >= 4 is 23.8 Å². The van der Waals surface area contributed by atoms with Crippen LogP contribution in [0.4, 0.5) is 0 Å². The van der Waals surface area contributed by atoms with Gasteiger partial charge in [0, 0.05) is 19.5 Å². The Labute approximate surface area is 146 Å². The number of benzene rings is 3. The van der Waals surface area contributed by atoms with Gasteiger partial charge in [0.05, 0.1) is 0 Å². The summed E-state index contributed by atoms with van der Waals surface area (Å²) < 4.78 is 0. The minimum Gasteiger partial charge on any atom is -0.274 e. The second-order valence-electron chi connectivity index (χ2n) is 4.34. The number of rotatable bonds is 3. The van der Waals surface area contributed by atoms with Gasteiger partial charge in [0.25, 0.3) is 0 Å². The molecule has 0 spiro atoms. The summed E-state index contributed by atoms with van der Waals surface area (Å²) in [5, 5.41) is 4.19. The normalized spacial score (nSPS) is 9.41. The first-order valence-electron chi connectivity index (χ1n) is 6.74. The fraction of sp³-hybridized carbons (Fsp3) is 0. The van der Waals surface area contributed by atoms with Crippen molar-refractivity contribution in [2.24, 2.45) is 11.7 Å². The Kier molecular flexibility index (Phi) is 8.81. The first-order valence-corrected chi connectivity index (χ1v) is 8.08. The van der Waals surface area contributed by atoms with E-state index in [1.807, 2.05) is 0 Å². The minimum absolute atomic E-state index is 0. The summed E-state index contributed by atoms with van der Waals surface area (Å²) in [6.45, 7) is 0. The van der Waals surface area contributed by atoms with Crippen molar-refractivity contribution in [3.8, 4) is 0 Å². The van der Waals surface area contributed by atoms with Crippen LogP contribution in [0.5, 0.6) is 0 Å². The third-order valence-electron chi connectivity index (χ3n) is 3.04. The van der Waals surface area contributed by atoms with Gasteiger partial charge in [-0.15, -0.1) is 0 Å². The summed E-state index contributed by atoms with van der Waals surface area (Å²) >= 11 is 0. The van der Waals surface area contributed by atoms with E-state index in [4.69, 9.17) is 0 Å². The van der Waals surface area contributed by atoms with Crippen LogP contribution in [0.1, 0.15) is 0 Å². The molecule has 0 saturated carbocycles. The monoisotopic (exact) mass is 396 g/mol. The van der Waals surface area contributed by atoms with E-state index in [0.29, 0.717) is 0 Å². The fourth-order valence-corrected chi connectivity index (χ4v) is 4.48. The Morgan fingerprint density at radius 2 is 0.682 bits per heavy atom. The Balaban J connectivity index is 0.000000775. The first kappa shape index (κ1) is 18.7. The first-order chi connectivity index (χ1) is 10.4. The predicted molar refractivity (Wildman–Crippen MR) is 93.5 cm³/mol. The molecule has 2 nitrogen and oxygen atoms in total. The van der Waals surface area contributed by atoms with Gasteiger partial charge in [-0.1, -0.05) is 91.0 Å². The molecule has 114 valence electrons. The molecule has 3 rings (SSSR count). The van der Waals surface area contributed by atoms with Crippen molar-refractivity contribution in [3.05, 3.63) is 91.0 Å². The zero-order valence-electron chi connectivity index (χ0n) is 12.1. The third-order valence-corrected chi connectivity index (χ3v) is 5.49. The smallest absolute Gasteiger partial charge is 0 e. The van der Waals surface area contributed by atoms with Crippen LogP contribution >= 0.6 is 7.92 Å². The van der Waals surface area contributed by atoms with E-state index in [9.17, 15) is 0 Å². The largest absolute Gasteiger partial charge is 0.274 e. The molecule has 0 amide bonds. The van der Waals surface area contributed by atoms with Gasteiger partial charge in [0.15, 0.2) is 0 Å². The summed E-state index contributed by atoms with van der Waals surface area (Å²) in [5.41, 5.74) is 0. The van der Waals surface area contributed by atoms with E-state index >= 15 is 0 Å². The maximum absolute atomic E-state index is 4.00. The second kappa shape index (κ2) is 10.4. The molecular weight excluding hydrogens is 376 g/mol. The topological polar surface area (TPSA) is 52.0 Å². The van der Waals surface area contributed by atoms with Crippen molar-refractivity contribution in [2.45, 2.75) is 0 Å². The number of hydrazine groups is 1. The van der Waals surface area contributed by atoms with Crippen LogP contribution in [-0.2, 0) is 19.5 Å².